The van der Waals surface area contributed by atoms with Crippen LogP contribution in [0, 0.1) is 11.8 Å². The summed E-state index contributed by atoms with van der Waals surface area (Å²) in [6, 6.07) is 9.41. The minimum Gasteiger partial charge on any atom is -0.349 e. The number of nitrogens with zero attached hydrogens (tertiary/aromatic N) is 4. The lowest BCUT2D eigenvalue weighted by molar-refractivity contribution is -0.121. The SMILES string of the molecule is CC1CC2CNNC2C(S(=O)(=O)N(C)CC(=O)NCc2cn(-c3ccccc3)nn2)C1. The van der Waals surface area contributed by atoms with E-state index in [1.165, 1.54) is 11.4 Å². The standard InChI is InChI=1S/C20H29N7O3S/c1-14-8-15-10-22-24-20(15)18(9-14)31(29,30)26(2)13-19(28)21-11-16-12-27(25-23-16)17-6-4-3-5-7-17/h3-7,12,14-15,18,20,22,24H,8-11,13H2,1-2H3,(H,21,28). The monoisotopic (exact) mass is 447 g/mol. The first kappa shape index (κ1) is 21.9. The summed E-state index contributed by atoms with van der Waals surface area (Å²) in [5.41, 5.74) is 7.68. The van der Waals surface area contributed by atoms with Gasteiger partial charge < -0.3 is 5.32 Å². The Morgan fingerprint density at radius 2 is 2.06 bits per heavy atom. The molecule has 0 radical (unpaired) electrons. The number of amides is 1. The molecule has 2 heterocycles. The van der Waals surface area contributed by atoms with Crippen LogP contribution in [0.25, 0.3) is 5.69 Å². The Balaban J connectivity index is 1.33. The maximum Gasteiger partial charge on any atom is 0.235 e. The molecule has 1 saturated heterocycles. The predicted molar refractivity (Wildman–Crippen MR) is 115 cm³/mol. The number of nitrogens with one attached hydrogen (secondary N) is 3. The van der Waals surface area contributed by atoms with Gasteiger partial charge in [-0.05, 0) is 36.8 Å². The van der Waals surface area contributed by atoms with Crippen LogP contribution in [0.4, 0.5) is 0 Å². The first-order chi connectivity index (χ1) is 14.8. The van der Waals surface area contributed by atoms with Gasteiger partial charge in [-0.1, -0.05) is 30.3 Å². The smallest absolute Gasteiger partial charge is 0.235 e. The van der Waals surface area contributed by atoms with Gasteiger partial charge in [0.2, 0.25) is 15.9 Å². The fourth-order valence-corrected chi connectivity index (χ4v) is 6.49. The highest BCUT2D eigenvalue weighted by Gasteiger charge is 2.46. The van der Waals surface area contributed by atoms with Gasteiger partial charge in [0.05, 0.1) is 30.2 Å². The molecular weight excluding hydrogens is 418 g/mol. The molecule has 2 fully saturated rings. The molecule has 4 atom stereocenters. The third-order valence-corrected chi connectivity index (χ3v) is 8.34. The number of carbonyl (C=O) groups excluding carboxylic acids is 1. The number of aromatic nitrogens is 3. The first-order valence-corrected chi connectivity index (χ1v) is 12.0. The summed E-state index contributed by atoms with van der Waals surface area (Å²) in [7, 11) is -2.15. The van der Waals surface area contributed by atoms with E-state index in [2.05, 4.69) is 33.4 Å². The van der Waals surface area contributed by atoms with E-state index in [-0.39, 0.29) is 31.0 Å². The van der Waals surface area contributed by atoms with E-state index < -0.39 is 15.3 Å². The molecule has 168 valence electrons. The molecule has 31 heavy (non-hydrogen) atoms. The highest BCUT2D eigenvalue weighted by atomic mass is 32.2. The largest absolute Gasteiger partial charge is 0.349 e. The van der Waals surface area contributed by atoms with Gasteiger partial charge in [-0.2, -0.15) is 4.31 Å². The van der Waals surface area contributed by atoms with E-state index in [0.717, 1.165) is 18.7 Å². The fraction of sp³-hybridized carbons (Fsp3) is 0.550. The van der Waals surface area contributed by atoms with Crippen molar-refractivity contribution in [2.45, 2.75) is 37.6 Å². The van der Waals surface area contributed by atoms with Crippen molar-refractivity contribution in [1.29, 1.82) is 0 Å². The second kappa shape index (κ2) is 9.03. The van der Waals surface area contributed by atoms with Gasteiger partial charge in [0.15, 0.2) is 0 Å². The van der Waals surface area contributed by atoms with Gasteiger partial charge >= 0.3 is 0 Å². The Hall–Kier alpha value is -2.34. The zero-order valence-electron chi connectivity index (χ0n) is 17.7. The summed E-state index contributed by atoms with van der Waals surface area (Å²) in [6.45, 7) is 2.81. The molecule has 10 nitrogen and oxygen atoms in total. The van der Waals surface area contributed by atoms with E-state index >= 15 is 0 Å². The molecule has 1 aromatic carbocycles. The summed E-state index contributed by atoms with van der Waals surface area (Å²) in [6.07, 6.45) is 3.33. The third kappa shape index (κ3) is 4.79. The third-order valence-electron chi connectivity index (χ3n) is 6.09. The van der Waals surface area contributed by atoms with E-state index in [1.54, 1.807) is 10.9 Å². The minimum atomic E-state index is -3.62. The Bertz CT molecular complexity index is 1010. The average Bonchev–Trinajstić information content (AvgIpc) is 3.41. The lowest BCUT2D eigenvalue weighted by atomic mass is 9.79. The van der Waals surface area contributed by atoms with Crippen molar-refractivity contribution in [2.24, 2.45) is 11.8 Å². The topological polar surface area (TPSA) is 121 Å². The maximum absolute atomic E-state index is 13.2. The van der Waals surface area contributed by atoms with Crippen LogP contribution in [0.3, 0.4) is 0 Å². The molecule has 1 aromatic heterocycles. The summed E-state index contributed by atoms with van der Waals surface area (Å²) >= 11 is 0. The molecule has 1 aliphatic carbocycles. The average molecular weight is 448 g/mol. The molecule has 2 aromatic rings. The summed E-state index contributed by atoms with van der Waals surface area (Å²) < 4.78 is 29.2. The number of hydrogen-bond acceptors (Lipinski definition) is 7. The van der Waals surface area contributed by atoms with Gasteiger partial charge in [0, 0.05) is 19.6 Å². The highest BCUT2D eigenvalue weighted by Crippen LogP contribution is 2.35. The van der Waals surface area contributed by atoms with Crippen LogP contribution >= 0.6 is 0 Å². The second-order valence-corrected chi connectivity index (χ2v) is 10.8. The molecule has 0 spiro atoms. The minimum absolute atomic E-state index is 0.125. The lowest BCUT2D eigenvalue weighted by Gasteiger charge is -2.37. The number of sulfonamides is 1. The number of fused-ring (bicyclic) bond motifs is 1. The molecule has 4 unspecified atom stereocenters. The zero-order valence-corrected chi connectivity index (χ0v) is 18.5. The Morgan fingerprint density at radius 1 is 1.29 bits per heavy atom. The molecule has 2 aliphatic rings. The lowest BCUT2D eigenvalue weighted by Crippen LogP contribution is -2.54. The van der Waals surface area contributed by atoms with Crippen molar-refractivity contribution in [1.82, 2.24) is 35.5 Å². The van der Waals surface area contributed by atoms with E-state index in [0.29, 0.717) is 18.0 Å². The van der Waals surface area contributed by atoms with Crippen molar-refractivity contribution < 1.29 is 13.2 Å². The number of hydrogen-bond donors (Lipinski definition) is 3. The van der Waals surface area contributed by atoms with Gasteiger partial charge in [-0.25, -0.2) is 13.1 Å². The zero-order chi connectivity index (χ0) is 22.0. The van der Waals surface area contributed by atoms with Crippen LogP contribution in [0.2, 0.25) is 0 Å². The molecule has 4 rings (SSSR count). The van der Waals surface area contributed by atoms with Gasteiger partial charge in [-0.15, -0.1) is 5.10 Å². The van der Waals surface area contributed by atoms with Gasteiger partial charge in [-0.3, -0.25) is 15.6 Å². The van der Waals surface area contributed by atoms with E-state index in [1.807, 2.05) is 30.3 Å². The summed E-state index contributed by atoms with van der Waals surface area (Å²) in [5.74, 6) is 0.244. The number of likely N-dealkylation sites (N-methyl/N-ethyl adjacent to an activating group) is 1. The number of benzene rings is 1. The number of rotatable bonds is 7. The Labute approximate surface area is 182 Å². The van der Waals surface area contributed by atoms with Gasteiger partial charge in [0.25, 0.3) is 0 Å². The quantitative estimate of drug-likeness (QED) is 0.548. The van der Waals surface area contributed by atoms with Gasteiger partial charge in [0.1, 0.15) is 5.69 Å². The predicted octanol–water partition coefficient (Wildman–Crippen LogP) is 0.0362. The number of carbonyl (C=O) groups is 1. The molecule has 1 saturated carbocycles. The van der Waals surface area contributed by atoms with Crippen LogP contribution in [0.15, 0.2) is 36.5 Å². The van der Waals surface area contributed by atoms with Crippen LogP contribution in [0.5, 0.6) is 0 Å². The summed E-state index contributed by atoms with van der Waals surface area (Å²) in [5, 5.41) is 10.3. The second-order valence-electron chi connectivity index (χ2n) is 8.49. The van der Waals surface area contributed by atoms with Crippen LogP contribution in [-0.4, -0.2) is 65.1 Å². The van der Waals surface area contributed by atoms with Crippen LogP contribution in [0.1, 0.15) is 25.5 Å². The molecule has 3 N–H and O–H groups in total. The first-order valence-electron chi connectivity index (χ1n) is 10.5. The van der Waals surface area contributed by atoms with E-state index in [9.17, 15) is 13.2 Å². The molecular formula is C20H29N7O3S. The summed E-state index contributed by atoms with van der Waals surface area (Å²) in [4.78, 5) is 12.4. The highest BCUT2D eigenvalue weighted by molar-refractivity contribution is 7.89. The van der Waals surface area contributed by atoms with Crippen LogP contribution < -0.4 is 16.2 Å². The molecule has 11 heteroatoms. The number of hydrazine groups is 1. The molecule has 0 bridgehead atoms. The van der Waals surface area contributed by atoms with Crippen molar-refractivity contribution in [3.8, 4) is 5.69 Å². The molecule has 1 aliphatic heterocycles. The van der Waals surface area contributed by atoms with E-state index in [4.69, 9.17) is 0 Å². The fourth-order valence-electron chi connectivity index (χ4n) is 4.50. The number of para-hydroxylation sites is 1. The van der Waals surface area contributed by atoms with Crippen molar-refractivity contribution in [3.63, 3.8) is 0 Å². The van der Waals surface area contributed by atoms with Crippen molar-refractivity contribution in [2.75, 3.05) is 20.1 Å². The normalized spacial score (nSPS) is 26.0. The van der Waals surface area contributed by atoms with Crippen molar-refractivity contribution in [3.05, 3.63) is 42.2 Å². The van der Waals surface area contributed by atoms with Crippen LogP contribution in [-0.2, 0) is 21.4 Å². The molecule has 1 amide bonds. The maximum atomic E-state index is 13.2. The Morgan fingerprint density at radius 3 is 2.84 bits per heavy atom. The van der Waals surface area contributed by atoms with Crippen molar-refractivity contribution >= 4 is 15.9 Å². The Kier molecular flexibility index (Phi) is 6.37.